The summed E-state index contributed by atoms with van der Waals surface area (Å²) in [5, 5.41) is 7.73. The average Bonchev–Trinajstić information content (AvgIpc) is 2.80. The van der Waals surface area contributed by atoms with Crippen LogP contribution in [0.5, 0.6) is 5.75 Å². The van der Waals surface area contributed by atoms with Crippen LogP contribution in [0.2, 0.25) is 0 Å². The molecule has 0 radical (unpaired) electrons. The van der Waals surface area contributed by atoms with Crippen LogP contribution in [0.1, 0.15) is 5.56 Å². The van der Waals surface area contributed by atoms with Crippen LogP contribution < -0.4 is 21.1 Å². The number of aromatic nitrogens is 2. The molecule has 31 heavy (non-hydrogen) atoms. The van der Waals surface area contributed by atoms with Crippen LogP contribution in [-0.4, -0.2) is 30.3 Å². The van der Waals surface area contributed by atoms with Crippen molar-refractivity contribution in [2.45, 2.75) is 6.54 Å². The number of nitrogens with zero attached hydrogens (tertiary/aromatic N) is 2. The number of ether oxygens (including phenoxy) is 2. The first-order chi connectivity index (χ1) is 15.2. The molecule has 0 atom stereocenters. The molecule has 2 aromatic heterocycles. The Morgan fingerprint density at radius 2 is 1.90 bits per heavy atom. The van der Waals surface area contributed by atoms with Gasteiger partial charge in [0.1, 0.15) is 18.2 Å². The van der Waals surface area contributed by atoms with Crippen LogP contribution in [0.3, 0.4) is 0 Å². The molecule has 158 valence electrons. The number of methoxy groups -OCH3 is 1. The molecule has 4 rings (SSSR count). The van der Waals surface area contributed by atoms with Gasteiger partial charge in [0.25, 0.3) is 0 Å². The molecule has 7 nitrogen and oxygen atoms in total. The minimum absolute atomic E-state index is 0.499. The molecule has 0 aliphatic heterocycles. The van der Waals surface area contributed by atoms with E-state index in [-0.39, 0.29) is 0 Å². The maximum Gasteiger partial charge on any atom is 0.151 e. The zero-order valence-corrected chi connectivity index (χ0v) is 17.3. The third-order valence-corrected chi connectivity index (χ3v) is 4.72. The molecule has 0 spiro atoms. The van der Waals surface area contributed by atoms with Crippen molar-refractivity contribution in [2.24, 2.45) is 0 Å². The highest BCUT2D eigenvalue weighted by Crippen LogP contribution is 2.24. The molecule has 2 aromatic carbocycles. The monoisotopic (exact) mass is 415 g/mol. The van der Waals surface area contributed by atoms with Crippen molar-refractivity contribution >= 4 is 33.9 Å². The van der Waals surface area contributed by atoms with Crippen LogP contribution in [0.25, 0.3) is 10.9 Å². The largest absolute Gasteiger partial charge is 0.491 e. The van der Waals surface area contributed by atoms with Gasteiger partial charge in [-0.1, -0.05) is 18.2 Å². The molecule has 0 saturated heterocycles. The van der Waals surface area contributed by atoms with Gasteiger partial charge < -0.3 is 25.8 Å². The van der Waals surface area contributed by atoms with Gasteiger partial charge in [-0.25, -0.2) is 4.98 Å². The molecule has 2 heterocycles. The van der Waals surface area contributed by atoms with E-state index in [9.17, 15) is 0 Å². The minimum Gasteiger partial charge on any atom is -0.491 e. The molecule has 0 aliphatic carbocycles. The summed E-state index contributed by atoms with van der Waals surface area (Å²) < 4.78 is 10.7. The van der Waals surface area contributed by atoms with Crippen molar-refractivity contribution in [1.29, 1.82) is 0 Å². The van der Waals surface area contributed by atoms with Gasteiger partial charge in [-0.15, -0.1) is 0 Å². The fraction of sp³-hybridized carbons (Fsp3) is 0.167. The number of hydrogen-bond donors (Lipinski definition) is 3. The number of nitrogen functional groups attached to an aromatic ring is 1. The zero-order valence-electron chi connectivity index (χ0n) is 17.3. The van der Waals surface area contributed by atoms with Gasteiger partial charge in [0.15, 0.2) is 5.82 Å². The third kappa shape index (κ3) is 5.40. The van der Waals surface area contributed by atoms with Crippen molar-refractivity contribution in [3.05, 3.63) is 78.5 Å². The van der Waals surface area contributed by atoms with Crippen LogP contribution in [0.4, 0.5) is 23.0 Å². The normalized spacial score (nSPS) is 10.7. The number of fused-ring (bicyclic) bond motifs is 1. The fourth-order valence-electron chi connectivity index (χ4n) is 3.16. The lowest BCUT2D eigenvalue weighted by atomic mass is 10.1. The van der Waals surface area contributed by atoms with Gasteiger partial charge in [0, 0.05) is 37.0 Å². The molecular formula is C24H25N5O2. The first-order valence-corrected chi connectivity index (χ1v) is 10.0. The van der Waals surface area contributed by atoms with Gasteiger partial charge in [0.2, 0.25) is 0 Å². The molecule has 7 heteroatoms. The maximum atomic E-state index is 6.14. The summed E-state index contributed by atoms with van der Waals surface area (Å²) in [5.41, 5.74) is 9.70. The van der Waals surface area contributed by atoms with E-state index < -0.39 is 0 Å². The van der Waals surface area contributed by atoms with Crippen LogP contribution >= 0.6 is 0 Å². The lowest BCUT2D eigenvalue weighted by Gasteiger charge is -2.13. The summed E-state index contributed by atoms with van der Waals surface area (Å²) in [6, 6.07) is 21.6. The first kappa shape index (κ1) is 20.4. The lowest BCUT2D eigenvalue weighted by molar-refractivity contribution is 0.146. The van der Waals surface area contributed by atoms with Gasteiger partial charge in [-0.2, -0.15) is 0 Å². The van der Waals surface area contributed by atoms with E-state index in [4.69, 9.17) is 15.2 Å². The van der Waals surface area contributed by atoms with Gasteiger partial charge in [-0.05, 0) is 48.0 Å². The SMILES string of the molecule is COCCOc1cccc(Nc2ccc(N)c(NCc3ccc4ncccc4c3)n2)c1. The number of anilines is 4. The summed E-state index contributed by atoms with van der Waals surface area (Å²) in [7, 11) is 1.65. The second-order valence-electron chi connectivity index (χ2n) is 7.01. The highest BCUT2D eigenvalue weighted by molar-refractivity contribution is 5.79. The molecule has 4 aromatic rings. The molecule has 0 unspecified atom stereocenters. The topological polar surface area (TPSA) is 94.3 Å². The van der Waals surface area contributed by atoms with E-state index in [1.54, 1.807) is 13.3 Å². The lowest BCUT2D eigenvalue weighted by Crippen LogP contribution is -2.06. The Morgan fingerprint density at radius 1 is 0.968 bits per heavy atom. The summed E-state index contributed by atoms with van der Waals surface area (Å²) in [4.78, 5) is 8.99. The Morgan fingerprint density at radius 3 is 2.81 bits per heavy atom. The van der Waals surface area contributed by atoms with Gasteiger partial charge in [0.05, 0.1) is 17.8 Å². The van der Waals surface area contributed by atoms with E-state index >= 15 is 0 Å². The predicted molar refractivity (Wildman–Crippen MR) is 125 cm³/mol. The van der Waals surface area contributed by atoms with Crippen LogP contribution in [0, 0.1) is 0 Å². The highest BCUT2D eigenvalue weighted by atomic mass is 16.5. The first-order valence-electron chi connectivity index (χ1n) is 10.0. The fourth-order valence-corrected chi connectivity index (χ4v) is 3.16. The summed E-state index contributed by atoms with van der Waals surface area (Å²) in [5.74, 6) is 2.08. The second kappa shape index (κ2) is 9.77. The summed E-state index contributed by atoms with van der Waals surface area (Å²) in [6.07, 6.45) is 1.80. The molecular weight excluding hydrogens is 390 g/mol. The van der Waals surface area contributed by atoms with Crippen LogP contribution in [0.15, 0.2) is 72.9 Å². The van der Waals surface area contributed by atoms with Gasteiger partial charge in [-0.3, -0.25) is 4.98 Å². The van der Waals surface area contributed by atoms with Gasteiger partial charge >= 0.3 is 0 Å². The van der Waals surface area contributed by atoms with Crippen molar-refractivity contribution in [1.82, 2.24) is 9.97 Å². The Hall–Kier alpha value is -3.84. The Kier molecular flexibility index (Phi) is 6.44. The third-order valence-electron chi connectivity index (χ3n) is 4.72. The number of nitrogens with two attached hydrogens (primary N) is 1. The van der Waals surface area contributed by atoms with E-state index in [1.165, 1.54) is 0 Å². The van der Waals surface area contributed by atoms with E-state index in [2.05, 4.69) is 38.8 Å². The minimum atomic E-state index is 0.499. The second-order valence-corrected chi connectivity index (χ2v) is 7.01. The number of benzene rings is 2. The van der Waals surface area contributed by atoms with Crippen molar-refractivity contribution in [3.8, 4) is 5.75 Å². The molecule has 0 fully saturated rings. The Balaban J connectivity index is 1.43. The summed E-state index contributed by atoms with van der Waals surface area (Å²) in [6.45, 7) is 1.65. The highest BCUT2D eigenvalue weighted by Gasteiger charge is 2.05. The smallest absolute Gasteiger partial charge is 0.151 e. The van der Waals surface area contributed by atoms with E-state index in [0.717, 1.165) is 27.9 Å². The molecule has 0 amide bonds. The number of pyridine rings is 2. The standard InChI is InChI=1S/C24H25N5O2/c1-30-12-13-31-20-6-2-5-19(15-20)28-23-10-8-21(25)24(29-23)27-16-17-7-9-22-18(14-17)4-3-11-26-22/h2-11,14-15H,12-13,16,25H2,1H3,(H2,27,28,29). The molecule has 0 bridgehead atoms. The number of nitrogens with one attached hydrogen (secondary N) is 2. The Bertz CT molecular complexity index is 1170. The predicted octanol–water partition coefficient (Wildman–Crippen LogP) is 4.59. The molecule has 0 aliphatic rings. The van der Waals surface area contributed by atoms with E-state index in [0.29, 0.717) is 37.1 Å². The summed E-state index contributed by atoms with van der Waals surface area (Å²) >= 11 is 0. The molecule has 4 N–H and O–H groups in total. The average molecular weight is 415 g/mol. The van der Waals surface area contributed by atoms with E-state index in [1.807, 2.05) is 48.5 Å². The van der Waals surface area contributed by atoms with Crippen molar-refractivity contribution < 1.29 is 9.47 Å². The van der Waals surface area contributed by atoms with Crippen LogP contribution in [-0.2, 0) is 11.3 Å². The molecule has 0 saturated carbocycles. The zero-order chi connectivity index (χ0) is 21.5. The van der Waals surface area contributed by atoms with Crippen molar-refractivity contribution in [3.63, 3.8) is 0 Å². The quantitative estimate of drug-likeness (QED) is 0.344. The maximum absolute atomic E-state index is 6.14. The number of rotatable bonds is 9. The number of hydrogen-bond acceptors (Lipinski definition) is 7. The Labute approximate surface area is 181 Å². The van der Waals surface area contributed by atoms with Crippen molar-refractivity contribution in [2.75, 3.05) is 36.7 Å².